The van der Waals surface area contributed by atoms with Crippen LogP contribution in [0.3, 0.4) is 0 Å². The van der Waals surface area contributed by atoms with Crippen LogP contribution < -0.4 is 9.64 Å². The molecule has 1 amide bonds. The van der Waals surface area contributed by atoms with Crippen LogP contribution >= 0.6 is 11.6 Å². The lowest BCUT2D eigenvalue weighted by Crippen LogP contribution is -2.31. The van der Waals surface area contributed by atoms with Gasteiger partial charge in [-0.3, -0.25) is 9.59 Å². The van der Waals surface area contributed by atoms with Gasteiger partial charge in [-0.15, -0.1) is 0 Å². The second-order valence-electron chi connectivity index (χ2n) is 9.97. The van der Waals surface area contributed by atoms with Crippen molar-refractivity contribution in [2.75, 3.05) is 32.6 Å². The highest BCUT2D eigenvalue weighted by Gasteiger charge is 2.45. The summed E-state index contributed by atoms with van der Waals surface area (Å²) in [5, 5.41) is 12.1. The van der Waals surface area contributed by atoms with E-state index >= 15 is 0 Å². The Bertz CT molecular complexity index is 1360. The van der Waals surface area contributed by atoms with Crippen molar-refractivity contribution >= 4 is 34.7 Å². The van der Waals surface area contributed by atoms with Gasteiger partial charge in [0.25, 0.3) is 11.7 Å². The number of carbonyl (C=O) groups excluding carboxylic acids is 2. The van der Waals surface area contributed by atoms with Crippen molar-refractivity contribution in [3.63, 3.8) is 0 Å². The van der Waals surface area contributed by atoms with E-state index in [0.29, 0.717) is 29.3 Å². The van der Waals surface area contributed by atoms with Crippen LogP contribution in [0.25, 0.3) is 5.76 Å². The molecule has 1 atom stereocenters. The van der Waals surface area contributed by atoms with Gasteiger partial charge in [0.05, 0.1) is 18.7 Å². The van der Waals surface area contributed by atoms with Gasteiger partial charge < -0.3 is 19.6 Å². The van der Waals surface area contributed by atoms with Crippen molar-refractivity contribution in [1.29, 1.82) is 0 Å². The molecular formula is C31H33ClN2O4. The zero-order chi connectivity index (χ0) is 27.6. The van der Waals surface area contributed by atoms with E-state index in [2.05, 4.69) is 0 Å². The molecule has 1 aliphatic rings. The van der Waals surface area contributed by atoms with Crippen molar-refractivity contribution in [3.8, 4) is 5.75 Å². The molecule has 4 rings (SSSR count). The standard InChI is InChI=1S/C31H33ClN2O4/c1-19(2)25-18-22(10-15-26(25)38-5)29(35)27-28(21-8-13-24(14-9-21)33(3)4)34(31(37)30(27)36)17-16-20-6-11-23(32)12-7-20/h6-15,18-19,28,35H,16-17H2,1-5H3/b29-27-. The van der Waals surface area contributed by atoms with Crippen molar-refractivity contribution in [3.05, 3.63) is 99.6 Å². The van der Waals surface area contributed by atoms with Gasteiger partial charge in [-0.2, -0.15) is 0 Å². The van der Waals surface area contributed by atoms with Gasteiger partial charge in [-0.25, -0.2) is 0 Å². The van der Waals surface area contributed by atoms with E-state index < -0.39 is 17.7 Å². The molecule has 1 unspecified atom stereocenters. The van der Waals surface area contributed by atoms with Crippen LogP contribution in [0.5, 0.6) is 5.75 Å². The van der Waals surface area contributed by atoms with E-state index in [9.17, 15) is 14.7 Å². The third-order valence-corrected chi connectivity index (χ3v) is 7.20. The fraction of sp³-hybridized carbons (Fsp3) is 0.290. The first-order chi connectivity index (χ1) is 18.1. The van der Waals surface area contributed by atoms with E-state index in [4.69, 9.17) is 16.3 Å². The lowest BCUT2D eigenvalue weighted by molar-refractivity contribution is -0.139. The third kappa shape index (κ3) is 5.41. The van der Waals surface area contributed by atoms with Crippen LogP contribution in [0.2, 0.25) is 5.02 Å². The molecule has 0 bridgehead atoms. The fourth-order valence-corrected chi connectivity index (χ4v) is 4.93. The second kappa shape index (κ2) is 11.3. The van der Waals surface area contributed by atoms with E-state index in [1.165, 1.54) is 0 Å². The van der Waals surface area contributed by atoms with E-state index in [-0.39, 0.29) is 17.3 Å². The molecule has 0 spiro atoms. The number of aliphatic hydroxyl groups is 1. The normalized spacial score (nSPS) is 16.8. The summed E-state index contributed by atoms with van der Waals surface area (Å²) >= 11 is 6.03. The van der Waals surface area contributed by atoms with Crippen LogP contribution in [-0.4, -0.2) is 49.4 Å². The number of methoxy groups -OCH3 is 1. The monoisotopic (exact) mass is 532 g/mol. The average molecular weight is 533 g/mol. The van der Waals surface area contributed by atoms with Crippen LogP contribution in [0, 0.1) is 0 Å². The lowest BCUT2D eigenvalue weighted by Gasteiger charge is -2.26. The summed E-state index contributed by atoms with van der Waals surface area (Å²) in [7, 11) is 5.50. The van der Waals surface area contributed by atoms with Crippen LogP contribution in [0.1, 0.15) is 48.1 Å². The summed E-state index contributed by atoms with van der Waals surface area (Å²) in [6.07, 6.45) is 0.538. The number of hydrogen-bond acceptors (Lipinski definition) is 5. The second-order valence-corrected chi connectivity index (χ2v) is 10.4. The molecule has 1 aliphatic heterocycles. The number of likely N-dealkylation sites (tertiary alicyclic amines) is 1. The third-order valence-electron chi connectivity index (χ3n) is 6.94. The lowest BCUT2D eigenvalue weighted by atomic mass is 9.93. The molecule has 6 nitrogen and oxygen atoms in total. The zero-order valence-electron chi connectivity index (χ0n) is 22.4. The van der Waals surface area contributed by atoms with Gasteiger partial charge in [-0.1, -0.05) is 49.7 Å². The Kier molecular flexibility index (Phi) is 8.12. The Labute approximate surface area is 229 Å². The topological polar surface area (TPSA) is 70.1 Å². The number of aliphatic hydroxyl groups excluding tert-OH is 1. The van der Waals surface area contributed by atoms with Gasteiger partial charge >= 0.3 is 0 Å². The molecule has 1 N–H and O–H groups in total. The zero-order valence-corrected chi connectivity index (χ0v) is 23.1. The Hall–Kier alpha value is -3.77. The molecule has 0 aliphatic carbocycles. The molecule has 0 aromatic heterocycles. The molecular weight excluding hydrogens is 500 g/mol. The summed E-state index contributed by atoms with van der Waals surface area (Å²) in [5.41, 5.74) is 4.20. The van der Waals surface area contributed by atoms with E-state index in [0.717, 1.165) is 22.4 Å². The van der Waals surface area contributed by atoms with E-state index in [1.54, 1.807) is 36.3 Å². The van der Waals surface area contributed by atoms with Crippen LogP contribution in [0.15, 0.2) is 72.3 Å². The van der Waals surface area contributed by atoms with Gasteiger partial charge in [0, 0.05) is 36.9 Å². The SMILES string of the molecule is COc1ccc(/C(O)=C2/C(=O)C(=O)N(CCc3ccc(Cl)cc3)C2c2ccc(N(C)C)cc2)cc1C(C)C. The minimum absolute atomic E-state index is 0.0867. The highest BCUT2D eigenvalue weighted by molar-refractivity contribution is 6.46. The molecule has 0 radical (unpaired) electrons. The molecule has 7 heteroatoms. The number of halogens is 1. The number of hydrogen-bond donors (Lipinski definition) is 1. The number of nitrogens with zero attached hydrogens (tertiary/aromatic N) is 2. The molecule has 1 heterocycles. The number of rotatable bonds is 8. The number of Topliss-reactive ketones (excluding diaryl/α,β-unsaturated/α-hetero) is 1. The van der Waals surface area contributed by atoms with Crippen molar-refractivity contribution in [2.24, 2.45) is 0 Å². The quantitative estimate of drug-likeness (QED) is 0.212. The first kappa shape index (κ1) is 27.3. The Morgan fingerprint density at radius 1 is 1.03 bits per heavy atom. The van der Waals surface area contributed by atoms with Crippen molar-refractivity contribution in [1.82, 2.24) is 4.90 Å². The minimum Gasteiger partial charge on any atom is -0.507 e. The van der Waals surface area contributed by atoms with Crippen LogP contribution in [-0.2, 0) is 16.0 Å². The summed E-state index contributed by atoms with van der Waals surface area (Å²) in [5.74, 6) is -0.671. The predicted octanol–water partition coefficient (Wildman–Crippen LogP) is 6.20. The summed E-state index contributed by atoms with van der Waals surface area (Å²) in [4.78, 5) is 30.3. The number of amides is 1. The number of carbonyl (C=O) groups is 2. The van der Waals surface area contributed by atoms with Gasteiger partial charge in [-0.05, 0) is 71.5 Å². The summed E-state index contributed by atoms with van der Waals surface area (Å²) in [6.45, 7) is 4.37. The highest BCUT2D eigenvalue weighted by Crippen LogP contribution is 2.41. The molecule has 198 valence electrons. The molecule has 0 saturated carbocycles. The number of ketones is 1. The molecule has 1 fully saturated rings. The van der Waals surface area contributed by atoms with Crippen LogP contribution in [0.4, 0.5) is 5.69 Å². The summed E-state index contributed by atoms with van der Waals surface area (Å²) < 4.78 is 5.49. The van der Waals surface area contributed by atoms with Crippen molar-refractivity contribution in [2.45, 2.75) is 32.2 Å². The number of anilines is 1. The highest BCUT2D eigenvalue weighted by atomic mass is 35.5. The maximum atomic E-state index is 13.4. The number of ether oxygens (including phenoxy) is 1. The van der Waals surface area contributed by atoms with Crippen molar-refractivity contribution < 1.29 is 19.4 Å². The molecule has 3 aromatic carbocycles. The Morgan fingerprint density at radius 3 is 2.26 bits per heavy atom. The molecule has 1 saturated heterocycles. The average Bonchev–Trinajstić information content (AvgIpc) is 3.16. The Balaban J connectivity index is 1.81. The first-order valence-corrected chi connectivity index (χ1v) is 13.0. The van der Waals surface area contributed by atoms with Gasteiger partial charge in [0.1, 0.15) is 11.5 Å². The van der Waals surface area contributed by atoms with E-state index in [1.807, 2.05) is 75.3 Å². The fourth-order valence-electron chi connectivity index (χ4n) is 4.80. The maximum Gasteiger partial charge on any atom is 0.295 e. The number of benzene rings is 3. The summed E-state index contributed by atoms with van der Waals surface area (Å²) in [6, 6.07) is 19.7. The molecule has 38 heavy (non-hydrogen) atoms. The smallest absolute Gasteiger partial charge is 0.295 e. The predicted molar refractivity (Wildman–Crippen MR) is 152 cm³/mol. The van der Waals surface area contributed by atoms with Gasteiger partial charge in [0.15, 0.2) is 0 Å². The first-order valence-electron chi connectivity index (χ1n) is 12.6. The Morgan fingerprint density at radius 2 is 1.68 bits per heavy atom. The maximum absolute atomic E-state index is 13.4. The van der Waals surface area contributed by atoms with Gasteiger partial charge in [0.2, 0.25) is 0 Å². The minimum atomic E-state index is -0.719. The largest absolute Gasteiger partial charge is 0.507 e. The molecule has 3 aromatic rings.